The minimum atomic E-state index is -1.39. The van der Waals surface area contributed by atoms with Crippen LogP contribution >= 0.6 is 0 Å². The number of benzene rings is 5. The summed E-state index contributed by atoms with van der Waals surface area (Å²) in [5.74, 6) is -2.82. The second-order valence-corrected chi connectivity index (χ2v) is 13.8. The number of likely N-dealkylation sites (tertiary alicyclic amines) is 1. The number of ether oxygens (including phenoxy) is 1. The molecule has 55 heavy (non-hydrogen) atoms. The van der Waals surface area contributed by atoms with Gasteiger partial charge in [0.05, 0.1) is 12.0 Å². The molecule has 2 heterocycles. The van der Waals surface area contributed by atoms with E-state index >= 15 is 0 Å². The minimum absolute atomic E-state index is 0.0260. The molecular weight excluding hydrogens is 693 g/mol. The van der Waals surface area contributed by atoms with Crippen molar-refractivity contribution in [1.82, 2.24) is 19.8 Å². The molecule has 2 N–H and O–H groups in total. The number of hydrogen-bond donors (Lipinski definition) is 2. The first-order chi connectivity index (χ1) is 26.9. The Morgan fingerprint density at radius 2 is 1.27 bits per heavy atom. The lowest BCUT2D eigenvalue weighted by atomic mass is 9.77. The van der Waals surface area contributed by atoms with Crippen molar-refractivity contribution in [2.24, 2.45) is 0 Å². The fourth-order valence-corrected chi connectivity index (χ4v) is 8.14. The maximum Gasteiger partial charge on any atom is 0.417 e. The number of carboxylic acids is 1. The van der Waals surface area contributed by atoms with E-state index in [9.17, 15) is 24.3 Å². The summed E-state index contributed by atoms with van der Waals surface area (Å²) in [6.07, 6.45) is 2.39. The van der Waals surface area contributed by atoms with Crippen LogP contribution in [-0.4, -0.2) is 62.1 Å². The molecule has 0 spiro atoms. The Morgan fingerprint density at radius 1 is 0.764 bits per heavy atom. The smallest absolute Gasteiger partial charge is 0.417 e. The highest BCUT2D eigenvalue weighted by Gasteiger charge is 2.43. The summed E-state index contributed by atoms with van der Waals surface area (Å²) in [6.45, 7) is -0.0260. The third-order valence-electron chi connectivity index (χ3n) is 10.7. The lowest BCUT2D eigenvalue weighted by Crippen LogP contribution is -2.52. The van der Waals surface area contributed by atoms with E-state index in [1.54, 1.807) is 12.5 Å². The molecule has 1 saturated heterocycles. The van der Waals surface area contributed by atoms with E-state index in [4.69, 9.17) is 4.74 Å². The Balaban J connectivity index is 1.01. The topological polar surface area (TPSA) is 131 Å². The molecule has 3 amide bonds. The Morgan fingerprint density at radius 3 is 1.80 bits per heavy atom. The molecular formula is C45H38N4O6. The van der Waals surface area contributed by atoms with Crippen molar-refractivity contribution >= 4 is 23.9 Å². The van der Waals surface area contributed by atoms with Gasteiger partial charge < -0.3 is 19.7 Å². The molecule has 2 aliphatic rings. The number of rotatable bonds is 11. The van der Waals surface area contributed by atoms with Crippen molar-refractivity contribution in [1.29, 1.82) is 0 Å². The number of imide groups is 1. The first-order valence-electron chi connectivity index (χ1n) is 18.3. The van der Waals surface area contributed by atoms with Crippen LogP contribution in [0.5, 0.6) is 0 Å². The maximum atomic E-state index is 13.7. The lowest BCUT2D eigenvalue weighted by molar-refractivity contribution is -0.142. The molecule has 0 saturated carbocycles. The van der Waals surface area contributed by atoms with Crippen LogP contribution in [0.3, 0.4) is 0 Å². The molecule has 1 fully saturated rings. The maximum absolute atomic E-state index is 13.7. The first-order valence-corrected chi connectivity index (χ1v) is 18.3. The van der Waals surface area contributed by atoms with E-state index < -0.39 is 41.5 Å². The summed E-state index contributed by atoms with van der Waals surface area (Å²) >= 11 is 0. The van der Waals surface area contributed by atoms with Crippen LogP contribution in [0.1, 0.15) is 52.3 Å². The molecule has 0 bridgehead atoms. The molecule has 10 heteroatoms. The van der Waals surface area contributed by atoms with Crippen molar-refractivity contribution in [3.05, 3.63) is 186 Å². The highest BCUT2D eigenvalue weighted by Crippen LogP contribution is 2.45. The summed E-state index contributed by atoms with van der Waals surface area (Å²) in [6, 6.07) is 43.2. The van der Waals surface area contributed by atoms with Crippen LogP contribution in [0.4, 0.5) is 4.79 Å². The van der Waals surface area contributed by atoms with E-state index in [1.165, 1.54) is 0 Å². The molecule has 5 aromatic carbocycles. The monoisotopic (exact) mass is 730 g/mol. The molecule has 10 nitrogen and oxygen atoms in total. The van der Waals surface area contributed by atoms with Crippen molar-refractivity contribution < 1.29 is 29.0 Å². The number of carbonyl (C=O) groups is 4. The van der Waals surface area contributed by atoms with Gasteiger partial charge in [-0.2, -0.15) is 0 Å². The van der Waals surface area contributed by atoms with Crippen LogP contribution in [0.25, 0.3) is 11.1 Å². The Hall–Kier alpha value is -6.81. The third kappa shape index (κ3) is 6.45. The summed E-state index contributed by atoms with van der Waals surface area (Å²) in [5.41, 5.74) is 6.63. The highest BCUT2D eigenvalue weighted by molar-refractivity contribution is 6.01. The van der Waals surface area contributed by atoms with Crippen LogP contribution in [0.2, 0.25) is 0 Å². The van der Waals surface area contributed by atoms with Crippen LogP contribution < -0.4 is 5.32 Å². The minimum Gasteiger partial charge on any atom is -0.480 e. The van der Waals surface area contributed by atoms with E-state index in [-0.39, 0.29) is 31.8 Å². The average molecular weight is 731 g/mol. The normalized spacial score (nSPS) is 15.6. The molecule has 274 valence electrons. The van der Waals surface area contributed by atoms with Crippen LogP contribution in [0.15, 0.2) is 152 Å². The highest BCUT2D eigenvalue weighted by atomic mass is 16.6. The SMILES string of the molecule is O=C(O)[C@H](Cc1cn(C(c2ccccc2)(c2ccccc2)c2ccccc2)cn1)NC(=O)[C@@H]1CCC(=O)N1C(=O)OCC1c2ccccc2-c2ccccc21. The third-order valence-corrected chi connectivity index (χ3v) is 10.7. The number of aliphatic carboxylic acids is 1. The van der Waals surface area contributed by atoms with Gasteiger partial charge in [0.15, 0.2) is 0 Å². The zero-order chi connectivity index (χ0) is 37.9. The predicted octanol–water partition coefficient (Wildman–Crippen LogP) is 6.78. The van der Waals surface area contributed by atoms with Gasteiger partial charge in [-0.05, 0) is 45.4 Å². The van der Waals surface area contributed by atoms with Crippen molar-refractivity contribution in [3.63, 3.8) is 0 Å². The quantitative estimate of drug-likeness (QED) is 0.141. The van der Waals surface area contributed by atoms with Gasteiger partial charge in [0.2, 0.25) is 11.8 Å². The van der Waals surface area contributed by atoms with Gasteiger partial charge in [0.1, 0.15) is 24.2 Å². The van der Waals surface area contributed by atoms with Gasteiger partial charge in [0.25, 0.3) is 0 Å². The zero-order valence-corrected chi connectivity index (χ0v) is 29.8. The second-order valence-electron chi connectivity index (χ2n) is 13.8. The molecule has 0 unspecified atom stereocenters. The fraction of sp³-hybridized carbons (Fsp3) is 0.178. The van der Waals surface area contributed by atoms with Crippen molar-refractivity contribution in [2.45, 2.75) is 42.8 Å². The fourth-order valence-electron chi connectivity index (χ4n) is 8.14. The van der Waals surface area contributed by atoms with Gasteiger partial charge >= 0.3 is 12.1 Å². The summed E-state index contributed by atoms with van der Waals surface area (Å²) in [5, 5.41) is 12.9. The average Bonchev–Trinajstić information content (AvgIpc) is 3.94. The van der Waals surface area contributed by atoms with Crippen LogP contribution in [-0.2, 0) is 31.1 Å². The number of imidazole rings is 1. The van der Waals surface area contributed by atoms with E-state index in [0.717, 1.165) is 43.8 Å². The standard InChI is InChI=1S/C45H38N4O6/c50-41-25-24-40(49(41)44(54)55-28-38-36-22-12-10-20-34(36)35-21-11-13-23-37(35)38)42(51)47-39(43(52)53)26-33-27-48(29-46-33)45(30-14-4-1-5-15-30,31-16-6-2-7-17-31)32-18-8-3-9-19-32/h1-23,27,29,38-40H,24-26,28H2,(H,47,51)(H,52,53)/t39-,40-/m0/s1. The number of fused-ring (bicyclic) bond motifs is 3. The zero-order valence-electron chi connectivity index (χ0n) is 29.8. The Bertz CT molecular complexity index is 2220. The Kier molecular flexibility index (Phi) is 9.55. The lowest BCUT2D eigenvalue weighted by Gasteiger charge is -2.37. The molecule has 2 atom stereocenters. The summed E-state index contributed by atoms with van der Waals surface area (Å²) < 4.78 is 7.69. The van der Waals surface area contributed by atoms with Gasteiger partial charge in [-0.3, -0.25) is 9.59 Å². The van der Waals surface area contributed by atoms with Gasteiger partial charge in [-0.25, -0.2) is 19.5 Å². The molecule has 1 aromatic heterocycles. The van der Waals surface area contributed by atoms with Crippen molar-refractivity contribution in [2.75, 3.05) is 6.61 Å². The largest absolute Gasteiger partial charge is 0.480 e. The van der Waals surface area contributed by atoms with E-state index in [0.29, 0.717) is 5.69 Å². The molecule has 8 rings (SSSR count). The molecule has 6 aromatic rings. The molecule has 1 aliphatic heterocycles. The van der Waals surface area contributed by atoms with Gasteiger partial charge in [0, 0.05) is 25.0 Å². The first kappa shape index (κ1) is 35.2. The number of nitrogens with zero attached hydrogens (tertiary/aromatic N) is 3. The van der Waals surface area contributed by atoms with Crippen LogP contribution in [0, 0.1) is 0 Å². The number of nitrogens with one attached hydrogen (secondary N) is 1. The second kappa shape index (κ2) is 14.9. The van der Waals surface area contributed by atoms with Gasteiger partial charge in [-0.1, -0.05) is 140 Å². The molecule has 1 aliphatic carbocycles. The number of aromatic nitrogens is 2. The van der Waals surface area contributed by atoms with Crippen molar-refractivity contribution in [3.8, 4) is 11.1 Å². The number of amides is 3. The number of carboxylic acid groups (broad SMARTS) is 1. The van der Waals surface area contributed by atoms with E-state index in [1.807, 2.05) is 144 Å². The summed E-state index contributed by atoms with van der Waals surface area (Å²) in [7, 11) is 0. The summed E-state index contributed by atoms with van der Waals surface area (Å²) in [4.78, 5) is 58.3. The molecule has 0 radical (unpaired) electrons. The number of carbonyl (C=O) groups excluding carboxylic acids is 3. The predicted molar refractivity (Wildman–Crippen MR) is 205 cm³/mol. The van der Waals surface area contributed by atoms with E-state index in [2.05, 4.69) is 10.3 Å². The number of hydrogen-bond acceptors (Lipinski definition) is 6. The van der Waals surface area contributed by atoms with Gasteiger partial charge in [-0.15, -0.1) is 0 Å². The Labute approximate surface area is 318 Å².